The summed E-state index contributed by atoms with van der Waals surface area (Å²) < 4.78 is 5.24. The number of likely N-dealkylation sites (N-methyl/N-ethyl adjacent to an activating group) is 1. The normalized spacial score (nSPS) is 10.9. The molecule has 1 aromatic heterocycles. The van der Waals surface area contributed by atoms with Crippen LogP contribution in [0.2, 0.25) is 10.0 Å². The number of benzene rings is 1. The molecule has 6 heteroatoms. The minimum absolute atomic E-state index is 0.182. The Morgan fingerprint density at radius 3 is 2.76 bits per heavy atom. The standard InChI is InChI=1S/C15H16Cl2N2O2/c1-10-5-6-12(16)15(14(10)17)18-13(20)9-19(2)8-11-4-3-7-21-11/h3-7H,8-9H2,1-2H3,(H,18,20). The lowest BCUT2D eigenvalue weighted by Gasteiger charge is -2.16. The summed E-state index contributed by atoms with van der Waals surface area (Å²) in [5.41, 5.74) is 1.31. The fourth-order valence-corrected chi connectivity index (χ4v) is 2.38. The summed E-state index contributed by atoms with van der Waals surface area (Å²) in [5, 5.41) is 3.64. The number of furan rings is 1. The third-order valence-corrected chi connectivity index (χ3v) is 3.77. The Hall–Kier alpha value is -1.49. The lowest BCUT2D eigenvalue weighted by molar-refractivity contribution is -0.117. The summed E-state index contributed by atoms with van der Waals surface area (Å²) in [6.45, 7) is 2.62. The van der Waals surface area contributed by atoms with E-state index in [1.54, 1.807) is 12.3 Å². The van der Waals surface area contributed by atoms with E-state index in [-0.39, 0.29) is 12.5 Å². The molecule has 0 spiro atoms. The van der Waals surface area contributed by atoms with Gasteiger partial charge in [-0.25, -0.2) is 0 Å². The van der Waals surface area contributed by atoms with Crippen molar-refractivity contribution in [2.24, 2.45) is 0 Å². The number of nitrogens with one attached hydrogen (secondary N) is 1. The van der Waals surface area contributed by atoms with E-state index in [0.717, 1.165) is 11.3 Å². The average Bonchev–Trinajstić information content (AvgIpc) is 2.92. The molecule has 0 atom stereocenters. The molecule has 0 aliphatic rings. The van der Waals surface area contributed by atoms with E-state index in [2.05, 4.69) is 5.32 Å². The van der Waals surface area contributed by atoms with Crippen molar-refractivity contribution in [3.8, 4) is 0 Å². The first-order valence-corrected chi connectivity index (χ1v) is 7.18. The van der Waals surface area contributed by atoms with Crippen LogP contribution in [0.15, 0.2) is 34.9 Å². The summed E-state index contributed by atoms with van der Waals surface area (Å²) in [7, 11) is 1.83. The molecule has 4 nitrogen and oxygen atoms in total. The van der Waals surface area contributed by atoms with E-state index in [1.165, 1.54) is 0 Å². The van der Waals surface area contributed by atoms with E-state index in [9.17, 15) is 4.79 Å². The van der Waals surface area contributed by atoms with Crippen LogP contribution in [-0.2, 0) is 11.3 Å². The minimum Gasteiger partial charge on any atom is -0.468 e. The number of carbonyl (C=O) groups is 1. The summed E-state index contributed by atoms with van der Waals surface area (Å²) in [5.74, 6) is 0.621. The SMILES string of the molecule is Cc1ccc(Cl)c(NC(=O)CN(C)Cc2ccco2)c1Cl. The summed E-state index contributed by atoms with van der Waals surface area (Å²) in [6, 6.07) is 7.20. The molecule has 1 N–H and O–H groups in total. The first-order valence-electron chi connectivity index (χ1n) is 6.42. The Kier molecular flexibility index (Phi) is 5.28. The zero-order chi connectivity index (χ0) is 15.4. The molecule has 0 aliphatic carbocycles. The predicted molar refractivity (Wildman–Crippen MR) is 84.9 cm³/mol. The molecule has 0 fully saturated rings. The highest BCUT2D eigenvalue weighted by atomic mass is 35.5. The highest BCUT2D eigenvalue weighted by Crippen LogP contribution is 2.32. The van der Waals surface area contributed by atoms with Crippen LogP contribution >= 0.6 is 23.2 Å². The van der Waals surface area contributed by atoms with Crippen LogP contribution in [0.25, 0.3) is 0 Å². The van der Waals surface area contributed by atoms with Crippen molar-refractivity contribution in [1.29, 1.82) is 0 Å². The maximum Gasteiger partial charge on any atom is 0.238 e. The maximum atomic E-state index is 12.1. The molecule has 0 saturated heterocycles. The van der Waals surface area contributed by atoms with Crippen LogP contribution in [0, 0.1) is 6.92 Å². The fraction of sp³-hybridized carbons (Fsp3) is 0.267. The first kappa shape index (κ1) is 15.9. The van der Waals surface area contributed by atoms with Crippen LogP contribution < -0.4 is 5.32 Å². The zero-order valence-corrected chi connectivity index (χ0v) is 13.3. The lowest BCUT2D eigenvalue weighted by atomic mass is 10.2. The molecule has 0 saturated carbocycles. The van der Waals surface area contributed by atoms with Gasteiger partial charge in [0, 0.05) is 0 Å². The number of anilines is 1. The Bertz CT molecular complexity index is 627. The molecule has 2 aromatic rings. The summed E-state index contributed by atoms with van der Waals surface area (Å²) in [6.07, 6.45) is 1.61. The molecule has 0 radical (unpaired) electrons. The summed E-state index contributed by atoms with van der Waals surface area (Å²) in [4.78, 5) is 13.9. The third-order valence-electron chi connectivity index (χ3n) is 2.97. The second kappa shape index (κ2) is 6.98. The number of rotatable bonds is 5. The van der Waals surface area contributed by atoms with Gasteiger partial charge in [0.05, 0.1) is 35.1 Å². The Morgan fingerprint density at radius 1 is 1.33 bits per heavy atom. The van der Waals surface area contributed by atoms with Gasteiger partial charge in [0.25, 0.3) is 0 Å². The first-order chi connectivity index (χ1) is 9.97. The molecular weight excluding hydrogens is 311 g/mol. The van der Waals surface area contributed by atoms with Crippen LogP contribution in [0.1, 0.15) is 11.3 Å². The number of nitrogens with zero attached hydrogens (tertiary/aromatic N) is 1. The Morgan fingerprint density at radius 2 is 2.10 bits per heavy atom. The highest BCUT2D eigenvalue weighted by Gasteiger charge is 2.13. The van der Waals surface area contributed by atoms with Gasteiger partial charge in [0.15, 0.2) is 0 Å². The van der Waals surface area contributed by atoms with E-state index in [1.807, 2.05) is 37.1 Å². The topological polar surface area (TPSA) is 45.5 Å². The van der Waals surface area contributed by atoms with Crippen molar-refractivity contribution < 1.29 is 9.21 Å². The van der Waals surface area contributed by atoms with E-state index in [0.29, 0.717) is 22.3 Å². The van der Waals surface area contributed by atoms with Crippen molar-refractivity contribution in [2.45, 2.75) is 13.5 Å². The fourth-order valence-electron chi connectivity index (χ4n) is 1.92. The number of hydrogen-bond acceptors (Lipinski definition) is 3. The second-order valence-corrected chi connectivity index (χ2v) is 5.64. The number of amides is 1. The molecule has 1 amide bonds. The number of aryl methyl sites for hydroxylation is 1. The maximum absolute atomic E-state index is 12.1. The van der Waals surface area contributed by atoms with Crippen molar-refractivity contribution in [3.63, 3.8) is 0 Å². The Balaban J connectivity index is 1.97. The van der Waals surface area contributed by atoms with Crippen LogP contribution in [0.3, 0.4) is 0 Å². The molecular formula is C15H16Cl2N2O2. The van der Waals surface area contributed by atoms with Crippen LogP contribution in [0.5, 0.6) is 0 Å². The smallest absolute Gasteiger partial charge is 0.238 e. The van der Waals surface area contributed by atoms with Crippen LogP contribution in [0.4, 0.5) is 5.69 Å². The summed E-state index contributed by atoms with van der Waals surface area (Å²) >= 11 is 12.2. The van der Waals surface area contributed by atoms with Gasteiger partial charge in [-0.2, -0.15) is 0 Å². The monoisotopic (exact) mass is 326 g/mol. The largest absolute Gasteiger partial charge is 0.468 e. The molecule has 1 heterocycles. The van der Waals surface area contributed by atoms with Gasteiger partial charge in [-0.1, -0.05) is 29.3 Å². The lowest BCUT2D eigenvalue weighted by Crippen LogP contribution is -2.29. The van der Waals surface area contributed by atoms with Gasteiger partial charge in [-0.15, -0.1) is 0 Å². The Labute approximate surface area is 133 Å². The average molecular weight is 327 g/mol. The third kappa shape index (κ3) is 4.24. The molecule has 21 heavy (non-hydrogen) atoms. The van der Waals surface area contributed by atoms with Gasteiger partial charge in [-0.05, 0) is 37.7 Å². The molecule has 0 unspecified atom stereocenters. The van der Waals surface area contributed by atoms with Gasteiger partial charge in [0.2, 0.25) is 5.91 Å². The van der Waals surface area contributed by atoms with Crippen molar-refractivity contribution in [3.05, 3.63) is 51.9 Å². The number of carbonyl (C=O) groups excluding carboxylic acids is 1. The van der Waals surface area contributed by atoms with E-state index >= 15 is 0 Å². The van der Waals surface area contributed by atoms with Crippen molar-refractivity contribution in [1.82, 2.24) is 4.90 Å². The quantitative estimate of drug-likeness (QED) is 0.904. The number of hydrogen-bond donors (Lipinski definition) is 1. The zero-order valence-electron chi connectivity index (χ0n) is 11.8. The van der Waals surface area contributed by atoms with Gasteiger partial charge in [-0.3, -0.25) is 9.69 Å². The van der Waals surface area contributed by atoms with Gasteiger partial charge in [0.1, 0.15) is 5.76 Å². The second-order valence-electron chi connectivity index (χ2n) is 4.85. The van der Waals surface area contributed by atoms with Gasteiger partial charge >= 0.3 is 0 Å². The van der Waals surface area contributed by atoms with Crippen LogP contribution in [-0.4, -0.2) is 24.4 Å². The van der Waals surface area contributed by atoms with E-state index < -0.39 is 0 Å². The molecule has 0 aliphatic heterocycles. The molecule has 2 rings (SSSR count). The van der Waals surface area contributed by atoms with Crippen molar-refractivity contribution in [2.75, 3.05) is 18.9 Å². The number of halogens is 2. The molecule has 0 bridgehead atoms. The molecule has 1 aromatic carbocycles. The molecule has 112 valence electrons. The van der Waals surface area contributed by atoms with Gasteiger partial charge < -0.3 is 9.73 Å². The minimum atomic E-state index is -0.182. The van der Waals surface area contributed by atoms with Crippen molar-refractivity contribution >= 4 is 34.8 Å². The van der Waals surface area contributed by atoms with E-state index in [4.69, 9.17) is 27.6 Å². The predicted octanol–water partition coefficient (Wildman–Crippen LogP) is 3.97. The highest BCUT2D eigenvalue weighted by molar-refractivity contribution is 6.40.